The molecule has 1 aliphatic heterocycles. The Hall–Kier alpha value is 0.210. The highest BCUT2D eigenvalue weighted by Crippen LogP contribution is 2.19. The van der Waals surface area contributed by atoms with Crippen LogP contribution in [0.2, 0.25) is 0 Å². The van der Waals surface area contributed by atoms with E-state index in [1.54, 1.807) is 0 Å². The third-order valence-corrected chi connectivity index (χ3v) is 1.88. The van der Waals surface area contributed by atoms with Gasteiger partial charge in [0.25, 0.3) is 0 Å². The van der Waals surface area contributed by atoms with Gasteiger partial charge in [-0.2, -0.15) is 0 Å². The average molecular weight is 165 g/mol. The SMILES string of the molecule is CCCOC1OCCC1Cl. The van der Waals surface area contributed by atoms with Crippen LogP contribution in [0.25, 0.3) is 0 Å². The van der Waals surface area contributed by atoms with E-state index in [-0.39, 0.29) is 11.7 Å². The van der Waals surface area contributed by atoms with Crippen LogP contribution in [-0.4, -0.2) is 24.9 Å². The monoisotopic (exact) mass is 164 g/mol. The van der Waals surface area contributed by atoms with Gasteiger partial charge in [-0.05, 0) is 12.8 Å². The lowest BCUT2D eigenvalue weighted by Gasteiger charge is -2.12. The number of ether oxygens (including phenoxy) is 2. The van der Waals surface area contributed by atoms with Gasteiger partial charge in [0, 0.05) is 6.61 Å². The molecule has 0 aromatic rings. The van der Waals surface area contributed by atoms with E-state index in [0.717, 1.165) is 26.1 Å². The highest BCUT2D eigenvalue weighted by Gasteiger charge is 2.26. The van der Waals surface area contributed by atoms with Crippen molar-refractivity contribution in [1.29, 1.82) is 0 Å². The van der Waals surface area contributed by atoms with Gasteiger partial charge in [0.2, 0.25) is 0 Å². The molecule has 1 saturated heterocycles. The Morgan fingerprint density at radius 2 is 2.50 bits per heavy atom. The Morgan fingerprint density at radius 1 is 1.70 bits per heavy atom. The third-order valence-electron chi connectivity index (χ3n) is 1.46. The Labute approximate surface area is 66.5 Å². The van der Waals surface area contributed by atoms with Crippen molar-refractivity contribution in [2.75, 3.05) is 13.2 Å². The maximum atomic E-state index is 5.86. The average Bonchev–Trinajstić information content (AvgIpc) is 2.31. The van der Waals surface area contributed by atoms with Crippen LogP contribution < -0.4 is 0 Å². The van der Waals surface area contributed by atoms with Crippen LogP contribution in [0.1, 0.15) is 19.8 Å². The fraction of sp³-hybridized carbons (Fsp3) is 1.00. The topological polar surface area (TPSA) is 18.5 Å². The molecule has 0 spiro atoms. The molecule has 10 heavy (non-hydrogen) atoms. The lowest BCUT2D eigenvalue weighted by molar-refractivity contribution is -0.108. The second-order valence-electron chi connectivity index (χ2n) is 2.41. The summed E-state index contributed by atoms with van der Waals surface area (Å²) in [5, 5.41) is 0.0616. The summed E-state index contributed by atoms with van der Waals surface area (Å²) in [6, 6.07) is 0. The molecule has 1 rings (SSSR count). The van der Waals surface area contributed by atoms with Gasteiger partial charge in [0.15, 0.2) is 6.29 Å². The van der Waals surface area contributed by atoms with Crippen LogP contribution in [0.15, 0.2) is 0 Å². The summed E-state index contributed by atoms with van der Waals surface area (Å²) in [4.78, 5) is 0. The molecular weight excluding hydrogens is 152 g/mol. The Bertz CT molecular complexity index is 97.6. The number of hydrogen-bond donors (Lipinski definition) is 0. The van der Waals surface area contributed by atoms with Gasteiger partial charge in [-0.15, -0.1) is 11.6 Å². The zero-order chi connectivity index (χ0) is 7.40. The molecule has 1 heterocycles. The van der Waals surface area contributed by atoms with Gasteiger partial charge in [0.1, 0.15) is 0 Å². The molecule has 0 saturated carbocycles. The van der Waals surface area contributed by atoms with Gasteiger partial charge in [-0.1, -0.05) is 6.92 Å². The molecule has 2 nitrogen and oxygen atoms in total. The first kappa shape index (κ1) is 8.31. The minimum absolute atomic E-state index is 0.0616. The molecule has 2 atom stereocenters. The Kier molecular flexibility index (Phi) is 3.46. The molecule has 3 heteroatoms. The predicted octanol–water partition coefficient (Wildman–Crippen LogP) is 1.77. The molecule has 1 fully saturated rings. The smallest absolute Gasteiger partial charge is 0.173 e. The van der Waals surface area contributed by atoms with Gasteiger partial charge in [-0.3, -0.25) is 0 Å². The first-order chi connectivity index (χ1) is 4.84. The van der Waals surface area contributed by atoms with Crippen molar-refractivity contribution in [3.63, 3.8) is 0 Å². The summed E-state index contributed by atoms with van der Waals surface area (Å²) in [6.45, 7) is 3.55. The predicted molar refractivity (Wildman–Crippen MR) is 40.2 cm³/mol. The third kappa shape index (κ3) is 2.11. The van der Waals surface area contributed by atoms with Crippen molar-refractivity contribution in [3.8, 4) is 0 Å². The summed E-state index contributed by atoms with van der Waals surface area (Å²) in [7, 11) is 0. The minimum Gasteiger partial charge on any atom is -0.351 e. The molecule has 0 amide bonds. The van der Waals surface area contributed by atoms with E-state index in [2.05, 4.69) is 6.92 Å². The number of halogens is 1. The molecule has 0 radical (unpaired) electrons. The van der Waals surface area contributed by atoms with E-state index < -0.39 is 0 Å². The Balaban J connectivity index is 2.14. The van der Waals surface area contributed by atoms with Crippen molar-refractivity contribution < 1.29 is 9.47 Å². The molecule has 0 aromatic carbocycles. The summed E-state index contributed by atoms with van der Waals surface area (Å²) in [5.74, 6) is 0. The van der Waals surface area contributed by atoms with Crippen molar-refractivity contribution in [3.05, 3.63) is 0 Å². The van der Waals surface area contributed by atoms with Crippen molar-refractivity contribution >= 4 is 11.6 Å². The van der Waals surface area contributed by atoms with E-state index in [9.17, 15) is 0 Å². The van der Waals surface area contributed by atoms with Gasteiger partial charge in [0.05, 0.1) is 12.0 Å². The van der Waals surface area contributed by atoms with Crippen LogP contribution >= 0.6 is 11.6 Å². The Morgan fingerprint density at radius 3 is 3.00 bits per heavy atom. The number of alkyl halides is 1. The molecule has 0 bridgehead atoms. The van der Waals surface area contributed by atoms with Crippen LogP contribution in [0.3, 0.4) is 0 Å². The lowest BCUT2D eigenvalue weighted by atomic mass is 10.3. The number of hydrogen-bond acceptors (Lipinski definition) is 2. The first-order valence-corrected chi connectivity index (χ1v) is 4.15. The summed E-state index contributed by atoms with van der Waals surface area (Å²) >= 11 is 5.86. The fourth-order valence-corrected chi connectivity index (χ4v) is 1.16. The second kappa shape index (κ2) is 4.16. The molecule has 1 aliphatic rings. The van der Waals surface area contributed by atoms with Crippen molar-refractivity contribution in [2.24, 2.45) is 0 Å². The highest BCUT2D eigenvalue weighted by atomic mass is 35.5. The summed E-state index contributed by atoms with van der Waals surface area (Å²) in [5.41, 5.74) is 0. The van der Waals surface area contributed by atoms with E-state index in [0.29, 0.717) is 0 Å². The molecule has 60 valence electrons. The quantitative estimate of drug-likeness (QED) is 0.592. The van der Waals surface area contributed by atoms with E-state index >= 15 is 0 Å². The largest absolute Gasteiger partial charge is 0.351 e. The zero-order valence-electron chi connectivity index (χ0n) is 6.18. The van der Waals surface area contributed by atoms with Gasteiger partial charge in [-0.25, -0.2) is 0 Å². The zero-order valence-corrected chi connectivity index (χ0v) is 6.93. The fourth-order valence-electron chi connectivity index (χ4n) is 0.924. The summed E-state index contributed by atoms with van der Waals surface area (Å²) < 4.78 is 10.5. The maximum Gasteiger partial charge on any atom is 0.173 e. The molecule has 0 aromatic heterocycles. The standard InChI is InChI=1S/C7H13ClO2/c1-2-4-9-7-6(8)3-5-10-7/h6-7H,2-5H2,1H3. The minimum atomic E-state index is -0.151. The van der Waals surface area contributed by atoms with Crippen LogP contribution in [0.4, 0.5) is 0 Å². The first-order valence-electron chi connectivity index (χ1n) is 3.72. The van der Waals surface area contributed by atoms with E-state index in [1.807, 2.05) is 0 Å². The van der Waals surface area contributed by atoms with Crippen LogP contribution in [-0.2, 0) is 9.47 Å². The second-order valence-corrected chi connectivity index (χ2v) is 2.98. The van der Waals surface area contributed by atoms with Crippen LogP contribution in [0.5, 0.6) is 0 Å². The van der Waals surface area contributed by atoms with Crippen molar-refractivity contribution in [1.82, 2.24) is 0 Å². The van der Waals surface area contributed by atoms with Crippen molar-refractivity contribution in [2.45, 2.75) is 31.4 Å². The van der Waals surface area contributed by atoms with E-state index in [1.165, 1.54) is 0 Å². The maximum absolute atomic E-state index is 5.86. The summed E-state index contributed by atoms with van der Waals surface area (Å²) in [6.07, 6.45) is 1.78. The lowest BCUT2D eigenvalue weighted by Crippen LogP contribution is -2.20. The van der Waals surface area contributed by atoms with Gasteiger partial charge >= 0.3 is 0 Å². The van der Waals surface area contributed by atoms with Crippen LogP contribution in [0, 0.1) is 0 Å². The normalized spacial score (nSPS) is 33.0. The van der Waals surface area contributed by atoms with Gasteiger partial charge < -0.3 is 9.47 Å². The highest BCUT2D eigenvalue weighted by molar-refractivity contribution is 6.21. The molecule has 0 N–H and O–H groups in total. The van der Waals surface area contributed by atoms with E-state index in [4.69, 9.17) is 21.1 Å². The molecule has 0 aliphatic carbocycles. The number of rotatable bonds is 3. The molecule has 2 unspecified atom stereocenters. The molecular formula is C7H13ClO2.